The second kappa shape index (κ2) is 25.2. The van der Waals surface area contributed by atoms with Gasteiger partial charge in [-0.1, -0.05) is 34.8 Å². The van der Waals surface area contributed by atoms with Crippen LogP contribution in [-0.2, 0) is 40.7 Å². The molecule has 0 fully saturated rings. The summed E-state index contributed by atoms with van der Waals surface area (Å²) in [7, 11) is -2.37. The average Bonchev–Trinajstić information content (AvgIpc) is 3.08. The number of carboxylic acid groups (broad SMARTS) is 2. The van der Waals surface area contributed by atoms with E-state index in [-0.39, 0.29) is 44.5 Å². The van der Waals surface area contributed by atoms with Crippen LogP contribution in [0.2, 0.25) is 15.1 Å². The van der Waals surface area contributed by atoms with Crippen LogP contribution in [0.1, 0.15) is 40.1 Å². The Hall–Kier alpha value is -4.34. The third kappa shape index (κ3) is 20.4. The summed E-state index contributed by atoms with van der Waals surface area (Å²) in [5.41, 5.74) is -2.28. The first-order valence-corrected chi connectivity index (χ1v) is 20.9. The predicted molar refractivity (Wildman–Crippen MR) is 207 cm³/mol. The highest BCUT2D eigenvalue weighted by atomic mass is 35.5. The number of rotatable bonds is 13. The monoisotopic (exact) mass is 926 g/mol. The van der Waals surface area contributed by atoms with Crippen LogP contribution < -0.4 is 19.7 Å². The van der Waals surface area contributed by atoms with Gasteiger partial charge in [-0.3, -0.25) is 20.2 Å². The molecule has 0 spiro atoms. The fraction of sp³-hybridized carbons (Fsp3) is 0.333. The Morgan fingerprint density at radius 3 is 1.98 bits per heavy atom. The molecule has 3 aromatic carbocycles. The number of esters is 2. The number of nitro groups is 1. The van der Waals surface area contributed by atoms with Crippen LogP contribution in [0.4, 0.5) is 18.9 Å². The first kappa shape index (κ1) is 53.7. The Labute approximate surface area is 346 Å². The second-order valence-electron chi connectivity index (χ2n) is 11.1. The van der Waals surface area contributed by atoms with Gasteiger partial charge in [0.15, 0.2) is 11.9 Å². The van der Waals surface area contributed by atoms with Gasteiger partial charge < -0.3 is 43.5 Å². The van der Waals surface area contributed by atoms with Gasteiger partial charge in [0.25, 0.3) is 5.69 Å². The fourth-order valence-corrected chi connectivity index (χ4v) is 4.63. The first-order valence-electron chi connectivity index (χ1n) is 15.6. The molecule has 0 saturated heterocycles. The summed E-state index contributed by atoms with van der Waals surface area (Å²) in [4.78, 5) is 72.9. The Morgan fingerprint density at radius 2 is 1.55 bits per heavy atom. The van der Waals surface area contributed by atoms with Crippen LogP contribution in [0.25, 0.3) is 0 Å². The molecule has 2 atom stereocenters. The van der Waals surface area contributed by atoms with E-state index in [9.17, 15) is 51.9 Å². The summed E-state index contributed by atoms with van der Waals surface area (Å²) in [6.45, 7) is 2.33. The van der Waals surface area contributed by atoms with E-state index < -0.39 is 78.3 Å². The zero-order valence-electron chi connectivity index (χ0n) is 31.1. The molecule has 17 nitrogen and oxygen atoms in total. The number of nitro benzene ring substituents is 1. The molecule has 3 rings (SSSR count). The minimum Gasteiger partial charge on any atom is -0.778 e. The number of aromatic carboxylic acids is 1. The molecule has 4 N–H and O–H groups in total. The highest BCUT2D eigenvalue weighted by Gasteiger charge is 2.31. The molecule has 58 heavy (non-hydrogen) atoms. The number of carbonyl (C=O) groups excluding carboxylic acids is 2. The second-order valence-corrected chi connectivity index (χ2v) is 16.3. The number of nitrogens with one attached hydrogen (secondary N) is 1. The molecule has 0 amide bonds. The topological polar surface area (TPSA) is 261 Å². The van der Waals surface area contributed by atoms with Gasteiger partial charge in [0.1, 0.15) is 30.2 Å². The van der Waals surface area contributed by atoms with E-state index in [1.54, 1.807) is 6.92 Å². The Kier molecular flexibility index (Phi) is 23.3. The summed E-state index contributed by atoms with van der Waals surface area (Å²) in [5, 5.41) is 30.0. The summed E-state index contributed by atoms with van der Waals surface area (Å²) < 4.78 is 68.0. The largest absolute Gasteiger partial charge is 0.778 e. The van der Waals surface area contributed by atoms with Crippen molar-refractivity contribution in [2.24, 2.45) is 0 Å². The van der Waals surface area contributed by atoms with Crippen LogP contribution in [0.5, 0.6) is 17.2 Å². The predicted octanol–water partition coefficient (Wildman–Crippen LogP) is 6.53. The SMILES string of the molecule is CCOC(=O)C(C)OC(=O)c1cc(Oc2ccc(C(F)(F)F)cc2Cl)ccc1[N+](=O)[O-].COc1c(Cl)ccc(Cl)c1C(=O)O.C[S+](C)C.O=C(O)CNCP(=O)([O-])O. The minimum atomic E-state index is -4.61. The van der Waals surface area contributed by atoms with Crippen molar-refractivity contribution in [3.63, 3.8) is 0 Å². The van der Waals surface area contributed by atoms with Crippen molar-refractivity contribution in [3.05, 3.63) is 90.4 Å². The lowest BCUT2D eigenvalue weighted by atomic mass is 10.1. The molecule has 322 valence electrons. The van der Waals surface area contributed by atoms with Gasteiger partial charge in [-0.2, -0.15) is 13.2 Å². The van der Waals surface area contributed by atoms with E-state index in [0.29, 0.717) is 17.0 Å². The van der Waals surface area contributed by atoms with Gasteiger partial charge >= 0.3 is 30.1 Å². The molecule has 25 heteroatoms. The lowest BCUT2D eigenvalue weighted by molar-refractivity contribution is -0.385. The number of alkyl halides is 3. The number of carboxylic acids is 2. The molecule has 0 bridgehead atoms. The zero-order valence-corrected chi connectivity index (χ0v) is 35.1. The Bertz CT molecular complexity index is 1950. The molecular formula is C33H37Cl3F3N2O15PS. The quantitative estimate of drug-likeness (QED) is 0.0467. The number of hydrogen-bond donors (Lipinski definition) is 4. The van der Waals surface area contributed by atoms with E-state index in [0.717, 1.165) is 30.3 Å². The summed E-state index contributed by atoms with van der Waals surface area (Å²) in [6.07, 6.45) is -0.0672. The molecule has 0 aromatic heterocycles. The van der Waals surface area contributed by atoms with Gasteiger partial charge in [0.2, 0.25) is 0 Å². The fourth-order valence-electron chi connectivity index (χ4n) is 3.56. The molecule has 0 aliphatic carbocycles. The number of aliphatic carboxylic acids is 1. The highest BCUT2D eigenvalue weighted by molar-refractivity contribution is 7.94. The van der Waals surface area contributed by atoms with Crippen LogP contribution in [0.3, 0.4) is 0 Å². The third-order valence-electron chi connectivity index (χ3n) is 5.84. The zero-order chi connectivity index (χ0) is 45.1. The average molecular weight is 928 g/mol. The van der Waals surface area contributed by atoms with Crippen molar-refractivity contribution in [1.29, 1.82) is 0 Å². The van der Waals surface area contributed by atoms with Gasteiger partial charge in [0, 0.05) is 12.1 Å². The summed E-state index contributed by atoms with van der Waals surface area (Å²) in [5.74, 6) is -4.61. The first-order chi connectivity index (χ1) is 26.7. The van der Waals surface area contributed by atoms with Gasteiger partial charge in [0.05, 0.1) is 70.9 Å². The standard InChI is InChI=1S/C19H15ClF3NO7.C8H6Cl2O3.C3H8NO5P.C3H9S/c1-3-29-17(25)10(2)30-18(26)13-9-12(5-6-15(13)24(27)28)31-16-7-4-11(8-14(16)20)19(21,22)23;1-13-7-5(10)3-2-4(9)6(7)8(11)12;5-3(6)1-4-2-10(7,8)9;1-4(2)3/h4-10H,3H2,1-2H3;2-3H,1H3,(H,11,12);4H,1-2H2,(H,5,6)(H2,7,8,9);1-3H3/q;;;+1/p-1. The molecule has 0 radical (unpaired) electrons. The Morgan fingerprint density at radius 1 is 0.983 bits per heavy atom. The van der Waals surface area contributed by atoms with Crippen molar-refractivity contribution in [2.75, 3.05) is 45.3 Å². The van der Waals surface area contributed by atoms with Crippen LogP contribution in [0, 0.1) is 10.1 Å². The van der Waals surface area contributed by atoms with Crippen LogP contribution in [0.15, 0.2) is 48.5 Å². The maximum Gasteiger partial charge on any atom is 0.416 e. The number of hydrogen-bond acceptors (Lipinski definition) is 13. The van der Waals surface area contributed by atoms with E-state index in [1.165, 1.54) is 26.2 Å². The van der Waals surface area contributed by atoms with Crippen molar-refractivity contribution < 1.29 is 80.8 Å². The molecule has 0 saturated carbocycles. The highest BCUT2D eigenvalue weighted by Crippen LogP contribution is 2.37. The van der Waals surface area contributed by atoms with Crippen LogP contribution >= 0.6 is 42.4 Å². The molecular weight excluding hydrogens is 891 g/mol. The number of carbonyl (C=O) groups is 4. The third-order valence-corrected chi connectivity index (χ3v) is 7.37. The lowest BCUT2D eigenvalue weighted by Gasteiger charge is -2.14. The van der Waals surface area contributed by atoms with Crippen molar-refractivity contribution in [2.45, 2.75) is 26.1 Å². The van der Waals surface area contributed by atoms with E-state index in [2.05, 4.69) is 18.8 Å². The van der Waals surface area contributed by atoms with Gasteiger partial charge in [-0.05, 0) is 61.1 Å². The van der Waals surface area contributed by atoms with Crippen molar-refractivity contribution in [3.8, 4) is 17.2 Å². The number of benzene rings is 3. The Balaban J connectivity index is 0.000000979. The molecule has 2 unspecified atom stereocenters. The van der Waals surface area contributed by atoms with E-state index >= 15 is 0 Å². The maximum atomic E-state index is 12.8. The molecule has 0 heterocycles. The smallest absolute Gasteiger partial charge is 0.416 e. The lowest BCUT2D eigenvalue weighted by Crippen LogP contribution is -2.26. The molecule has 0 aliphatic rings. The van der Waals surface area contributed by atoms with E-state index in [1.807, 2.05) is 5.32 Å². The van der Waals surface area contributed by atoms with Crippen molar-refractivity contribution >= 4 is 82.9 Å². The van der Waals surface area contributed by atoms with Crippen molar-refractivity contribution in [1.82, 2.24) is 5.32 Å². The maximum absolute atomic E-state index is 12.8. The van der Waals surface area contributed by atoms with Gasteiger partial charge in [-0.25, -0.2) is 14.4 Å². The number of halogens is 6. The minimum absolute atomic E-state index is 0.0398. The number of nitrogens with zero attached hydrogens (tertiary/aromatic N) is 1. The van der Waals surface area contributed by atoms with Crippen LogP contribution in [-0.4, -0.2) is 95.3 Å². The van der Waals surface area contributed by atoms with E-state index in [4.69, 9.17) is 68.9 Å². The number of ether oxygens (including phenoxy) is 4. The summed E-state index contributed by atoms with van der Waals surface area (Å²) >= 11 is 17.2. The molecule has 0 aliphatic heterocycles. The summed E-state index contributed by atoms with van der Waals surface area (Å²) in [6, 6.07) is 8.27. The number of methoxy groups -OCH3 is 1. The van der Waals surface area contributed by atoms with Gasteiger partial charge in [-0.15, -0.1) is 0 Å². The molecule has 3 aromatic rings. The normalized spacial score (nSPS) is 12.1.